The van der Waals surface area contributed by atoms with Crippen LogP contribution in [0.25, 0.3) is 0 Å². The Hall–Kier alpha value is -6.57. The number of carbonyl (C=O) groups is 3. The van der Waals surface area contributed by atoms with Crippen LogP contribution >= 0.6 is 0 Å². The molecular weight excluding hydrogens is 1840 g/mol. The molecule has 2 aromatic heterocycles. The highest BCUT2D eigenvalue weighted by molar-refractivity contribution is 7.90. The van der Waals surface area contributed by atoms with Gasteiger partial charge >= 0.3 is 0 Å². The standard InChI is InChI=1S/C17H30N2O.C17H25NO.C16H22N2O2S.C16H25N.C13H21N3.C11H19N3.C10H17NO.C9H17NO2S.C9H17NO.C2H6/c1-13(2)14-8-11-18(12-9-14)17(20)16-7-4-10-19(16)15-5-3-6-15;1-17(2,3)15-9-11-18(12-10-15)13-16(19)14-7-5-4-6-8-14;1-16(2,3)14-7-9-18(10-8-14)21(19,20)15-6-4-5-13(11-15)12-17;1-13(2)16-9-10-17(11-14(16)3)12-15-7-5-4-6-8-15;1-13(2,3)11-4-8-16(9-5-11)12-10-14-6-7-15-12;1-10-3-5-14(6-4-10)9-11-7-12-13(2)8-11;1-8-3-2-6-11(7-8)10(12)9-4-5-9;1-8-3-2-6-10(7-8)13(11,12)9-4-5-9;1-8-3-2-4-10(5-8)9-6-11-7-9;1-2/h13-16H,3-12H2,1-2H3;4-8,15H,9-13H2,1-3H3;4-6,11,14H,7-10H2,1-3H3;4-8,13-14,16H,9-12H2,1-3H3;6-7,10-11H,4-5,8-9H2,1-3H3;7-8,10H,3-6,9H2,1-2H3;8-9H,2-7H2,1H3;8-9H,2-7H2,1H3;8-9H,2-7H2,1H3;1-2H3/t16-;;;;;;8-;;;/m0.....1.../s1. The second kappa shape index (κ2) is 58.9. The minimum atomic E-state index is -3.48. The monoisotopic (exact) mass is 2040 g/mol. The number of aromatic nitrogens is 4. The lowest BCUT2D eigenvalue weighted by Crippen LogP contribution is -2.52. The molecule has 25 heteroatoms. The third-order valence-corrected chi connectivity index (χ3v) is 38.2. The Kier molecular flexibility index (Phi) is 48.8. The number of aryl methyl sites for hydroxylation is 1. The number of hydrogen-bond donors (Lipinski definition) is 0. The van der Waals surface area contributed by atoms with Gasteiger partial charge in [-0.15, -0.1) is 0 Å². The van der Waals surface area contributed by atoms with Crippen molar-refractivity contribution in [1.29, 1.82) is 5.26 Å². The fourth-order valence-electron chi connectivity index (χ4n) is 23.5. The van der Waals surface area contributed by atoms with Gasteiger partial charge in [-0.3, -0.25) is 48.5 Å². The Morgan fingerprint density at radius 1 is 0.476 bits per heavy atom. The van der Waals surface area contributed by atoms with Gasteiger partial charge in [-0.25, -0.2) is 26.1 Å². The summed E-state index contributed by atoms with van der Waals surface area (Å²) in [6, 6.07) is 30.4. The van der Waals surface area contributed by atoms with Gasteiger partial charge in [0.25, 0.3) is 0 Å². The predicted molar refractivity (Wildman–Crippen MR) is 596 cm³/mol. The molecule has 13 heterocycles. The number of ketones is 1. The molecule has 0 spiro atoms. The van der Waals surface area contributed by atoms with Crippen molar-refractivity contribution in [2.24, 2.45) is 100 Å². The van der Waals surface area contributed by atoms with Crippen LogP contribution < -0.4 is 4.90 Å². The van der Waals surface area contributed by atoms with E-state index in [1.54, 1.807) is 39.2 Å². The highest BCUT2D eigenvalue weighted by Crippen LogP contribution is 2.42. The number of anilines is 1. The van der Waals surface area contributed by atoms with Crippen LogP contribution in [0.4, 0.5) is 5.82 Å². The first-order valence-electron chi connectivity index (χ1n) is 57.5. The molecule has 14 aliphatic rings. The number of piperidine rings is 9. The van der Waals surface area contributed by atoms with E-state index in [2.05, 4.69) is 215 Å². The fourth-order valence-corrected chi connectivity index (χ4v) is 27.0. The third kappa shape index (κ3) is 39.2. The number of ether oxygens (including phenoxy) is 1. The number of rotatable bonds is 18. The molecule has 0 bridgehead atoms. The van der Waals surface area contributed by atoms with Crippen LogP contribution in [0.3, 0.4) is 0 Å². The first-order valence-corrected chi connectivity index (χ1v) is 60.5. The Balaban J connectivity index is 0.000000168. The van der Waals surface area contributed by atoms with Crippen molar-refractivity contribution in [2.75, 3.05) is 149 Å². The van der Waals surface area contributed by atoms with E-state index in [0.717, 1.165) is 232 Å². The number of carbonyl (C=O) groups excluding carboxylic acids is 3. The summed E-state index contributed by atoms with van der Waals surface area (Å²) in [4.78, 5) is 64.4. The SMILES string of the molecule is CC.CC(C)(C)C1CCN(CC(=O)c2ccccc2)CC1.CC(C)(C)C1CCN(S(=O)(=O)c2cccc(C#N)c2)CC1.CC(C)(C)C1CCN(c2cnccn2)CC1.CC(C)C1CCN(C(=O)[C@@H]2CCCN2C2CCC2)CC1.CC(C)C1CCN(Cc2ccccc2)CC1C.CC1CCCN(C2COC2)C1.CC1CCCN(S(=O)(=O)C2CC2)C1.CC1CCN(Cc2cnn(C)c2)CC1.C[C@@H]1CCCN(C(=O)C2CC2)C1. The average molecular weight is 2040 g/mol. The average Bonchev–Trinajstić information content (AvgIpc) is 1.49. The molecule has 23 nitrogen and oxygen atoms in total. The predicted octanol–water partition coefficient (Wildman–Crippen LogP) is 22.7. The lowest BCUT2D eigenvalue weighted by Gasteiger charge is -2.41. The van der Waals surface area contributed by atoms with E-state index in [4.69, 9.17) is 10.00 Å². The summed E-state index contributed by atoms with van der Waals surface area (Å²) < 4.78 is 59.2. The molecule has 0 N–H and O–H groups in total. The Labute approximate surface area is 881 Å². The zero-order valence-corrected chi connectivity index (χ0v) is 96.1. The number of likely N-dealkylation sites (tertiary alicyclic amines) is 7. The second-order valence-electron chi connectivity index (χ2n) is 49.4. The first-order chi connectivity index (χ1) is 69.1. The number of benzene rings is 3. The Morgan fingerprint density at radius 2 is 1.03 bits per heavy atom. The summed E-state index contributed by atoms with van der Waals surface area (Å²) in [5, 5.41) is 13.1. The number of nitrogens with zero attached hydrogens (tertiary/aromatic N) is 15. The van der Waals surface area contributed by atoms with Gasteiger partial charge in [0.05, 0.1) is 66.0 Å². The quantitative estimate of drug-likeness (QED) is 0.0743. The summed E-state index contributed by atoms with van der Waals surface area (Å²) in [6.07, 6.45) is 40.5. The van der Waals surface area contributed by atoms with E-state index in [1.807, 2.05) is 74.4 Å². The molecule has 11 saturated heterocycles. The fraction of sp³-hybridized carbons (Fsp3) is 0.758. The van der Waals surface area contributed by atoms with E-state index in [1.165, 1.54) is 172 Å². The first kappa shape index (κ1) is 120. The summed E-state index contributed by atoms with van der Waals surface area (Å²) in [5.41, 5.74) is 5.05. The Morgan fingerprint density at radius 3 is 1.53 bits per heavy atom. The van der Waals surface area contributed by atoms with Crippen LogP contribution in [0, 0.1) is 105 Å². The minimum Gasteiger partial charge on any atom is -0.378 e. The number of Topliss-reactive ketones (excluding diaryl/α,β-unsaturated/α-hetero) is 1. The Bertz CT molecular complexity index is 4810. The molecular formula is C120H199N15O8S2. The summed E-state index contributed by atoms with van der Waals surface area (Å²) >= 11 is 0. The van der Waals surface area contributed by atoms with Crippen LogP contribution in [-0.2, 0) is 54.5 Å². The van der Waals surface area contributed by atoms with Gasteiger partial charge in [0, 0.05) is 140 Å². The number of nitriles is 1. The third-order valence-electron chi connectivity index (χ3n) is 33.9. The highest BCUT2D eigenvalue weighted by atomic mass is 32.2. The normalized spacial score (nSPS) is 24.4. The maximum atomic E-state index is 12.8. The maximum Gasteiger partial charge on any atom is 0.243 e. The smallest absolute Gasteiger partial charge is 0.243 e. The van der Waals surface area contributed by atoms with Gasteiger partial charge in [-0.2, -0.15) is 14.7 Å². The largest absolute Gasteiger partial charge is 0.378 e. The molecule has 14 fully saturated rings. The molecule has 145 heavy (non-hydrogen) atoms. The molecule has 814 valence electrons. The topological polar surface area (TPSA) is 229 Å². The minimum absolute atomic E-state index is 0.0298. The number of sulfonamides is 2. The van der Waals surface area contributed by atoms with Crippen molar-refractivity contribution in [3.05, 3.63) is 138 Å². The lowest BCUT2D eigenvalue weighted by atomic mass is 9.75. The summed E-state index contributed by atoms with van der Waals surface area (Å²) in [5.74, 6) is 12.0. The molecule has 4 unspecified atom stereocenters. The molecule has 19 rings (SSSR count). The van der Waals surface area contributed by atoms with Crippen LogP contribution in [0.2, 0.25) is 0 Å². The van der Waals surface area contributed by atoms with Crippen LogP contribution in [-0.4, -0.2) is 265 Å². The second-order valence-corrected chi connectivity index (χ2v) is 53.6. The zero-order chi connectivity index (χ0) is 105. The van der Waals surface area contributed by atoms with Crippen molar-refractivity contribution >= 4 is 43.5 Å². The van der Waals surface area contributed by atoms with Crippen molar-refractivity contribution < 1.29 is 36.0 Å². The van der Waals surface area contributed by atoms with E-state index in [-0.39, 0.29) is 27.4 Å². The summed E-state index contributed by atoms with van der Waals surface area (Å²) in [7, 11) is -4.40. The number of hydrogen-bond acceptors (Lipinski definition) is 18. The van der Waals surface area contributed by atoms with Gasteiger partial charge in [0.1, 0.15) is 5.82 Å². The van der Waals surface area contributed by atoms with Gasteiger partial charge in [0.15, 0.2) is 5.78 Å². The zero-order valence-electron chi connectivity index (χ0n) is 94.4. The van der Waals surface area contributed by atoms with Gasteiger partial charge < -0.3 is 19.4 Å². The summed E-state index contributed by atoms with van der Waals surface area (Å²) in [6.45, 7) is 69.9. The molecule has 11 aliphatic heterocycles. The van der Waals surface area contributed by atoms with Crippen molar-refractivity contribution in [3.8, 4) is 6.07 Å². The molecule has 0 radical (unpaired) electrons. The highest BCUT2D eigenvalue weighted by Gasteiger charge is 2.44. The number of amides is 2. The molecule has 3 saturated carbocycles. The van der Waals surface area contributed by atoms with Gasteiger partial charge in [-0.05, 0) is 317 Å². The molecule has 5 aromatic rings. The lowest BCUT2D eigenvalue weighted by molar-refractivity contribution is -0.139. The van der Waals surface area contributed by atoms with Crippen molar-refractivity contribution in [2.45, 2.75) is 347 Å². The molecule has 3 aromatic carbocycles. The molecule has 3 aliphatic carbocycles. The maximum absolute atomic E-state index is 12.8. The van der Waals surface area contributed by atoms with Crippen LogP contribution in [0.15, 0.2) is 121 Å². The van der Waals surface area contributed by atoms with Gasteiger partial charge in [-0.1, -0.05) is 212 Å². The van der Waals surface area contributed by atoms with Crippen molar-refractivity contribution in [1.82, 2.24) is 62.7 Å². The van der Waals surface area contributed by atoms with E-state index in [9.17, 15) is 31.2 Å². The van der Waals surface area contributed by atoms with Crippen LogP contribution in [0.1, 0.15) is 332 Å². The van der Waals surface area contributed by atoms with Gasteiger partial charge in [0.2, 0.25) is 31.9 Å². The van der Waals surface area contributed by atoms with E-state index in [0.29, 0.717) is 65.6 Å². The molecule has 2 amide bonds. The van der Waals surface area contributed by atoms with E-state index < -0.39 is 20.0 Å². The molecule has 6 atom stereocenters. The van der Waals surface area contributed by atoms with Crippen molar-refractivity contribution in [3.63, 3.8) is 0 Å². The van der Waals surface area contributed by atoms with E-state index >= 15 is 0 Å². The van der Waals surface area contributed by atoms with Crippen LogP contribution in [0.5, 0.6) is 0 Å².